The highest BCUT2D eigenvalue weighted by Gasteiger charge is 2.10. The van der Waals surface area contributed by atoms with Gasteiger partial charge in [0.15, 0.2) is 0 Å². The average molecular weight is 237 g/mol. The van der Waals surface area contributed by atoms with Gasteiger partial charge in [-0.15, -0.1) is 6.58 Å². The molecule has 0 radical (unpaired) electrons. The highest BCUT2D eigenvalue weighted by atomic mass is 32.2. The molecule has 0 unspecified atom stereocenters. The lowest BCUT2D eigenvalue weighted by Crippen LogP contribution is -1.97. The quantitative estimate of drug-likeness (QED) is 0.449. The van der Waals surface area contributed by atoms with E-state index in [1.807, 2.05) is 6.92 Å². The monoisotopic (exact) mass is 237 g/mol. The molecule has 0 aliphatic carbocycles. The lowest BCUT2D eigenvalue weighted by atomic mass is 10.2. The van der Waals surface area contributed by atoms with Gasteiger partial charge in [-0.1, -0.05) is 23.8 Å². The number of aryl methyl sites for hydroxylation is 1. The van der Waals surface area contributed by atoms with Crippen LogP contribution < -0.4 is 0 Å². The summed E-state index contributed by atoms with van der Waals surface area (Å²) in [5.41, 5.74) is 1.02. The Hall–Kier alpha value is -1.42. The molecule has 0 atom stereocenters. The molecule has 4 heteroatoms. The fraction of sp³-hybridized carbons (Fsp3) is 0.250. The maximum absolute atomic E-state index is 11.7. The molecule has 0 amide bonds. The number of hydrogen-bond donors (Lipinski definition) is 0. The van der Waals surface area contributed by atoms with Gasteiger partial charge in [0.2, 0.25) is 0 Å². The molecule has 86 valence electrons. The molecular formula is C12H15NO2S. The van der Waals surface area contributed by atoms with Gasteiger partial charge in [0.05, 0.1) is 4.90 Å². The Kier molecular flexibility index (Phi) is 4.43. The van der Waals surface area contributed by atoms with Crippen LogP contribution in [0.15, 0.2) is 46.2 Å². The highest BCUT2D eigenvalue weighted by molar-refractivity contribution is 7.90. The van der Waals surface area contributed by atoms with Crippen LogP contribution >= 0.6 is 0 Å². The second kappa shape index (κ2) is 5.61. The van der Waals surface area contributed by atoms with Gasteiger partial charge < -0.3 is 0 Å². The standard InChI is InChI=1S/C12H15NO2S/c1-3-4-5-10-13-16(14,15)12-8-6-11(2)7-9-12/h3,6-10H,1,4-5H2,2H3/b13-10+. The topological polar surface area (TPSA) is 46.5 Å². The van der Waals surface area contributed by atoms with Crippen LogP contribution in [-0.2, 0) is 10.0 Å². The molecule has 1 aromatic rings. The molecule has 0 saturated carbocycles. The van der Waals surface area contributed by atoms with E-state index >= 15 is 0 Å². The van der Waals surface area contributed by atoms with Crippen LogP contribution in [0, 0.1) is 6.92 Å². The predicted molar refractivity (Wildman–Crippen MR) is 66.3 cm³/mol. The van der Waals surface area contributed by atoms with Crippen LogP contribution in [0.25, 0.3) is 0 Å². The summed E-state index contributed by atoms with van der Waals surface area (Å²) in [6.07, 6.45) is 4.46. The van der Waals surface area contributed by atoms with Crippen molar-refractivity contribution in [2.75, 3.05) is 0 Å². The van der Waals surface area contributed by atoms with Crippen molar-refractivity contribution in [3.63, 3.8) is 0 Å². The number of benzene rings is 1. The first-order valence-corrected chi connectivity index (χ1v) is 6.46. The normalized spacial score (nSPS) is 11.8. The van der Waals surface area contributed by atoms with Crippen LogP contribution in [0.1, 0.15) is 18.4 Å². The third-order valence-electron chi connectivity index (χ3n) is 2.03. The second-order valence-corrected chi connectivity index (χ2v) is 5.07. The van der Waals surface area contributed by atoms with Crippen molar-refractivity contribution in [3.05, 3.63) is 42.5 Å². The van der Waals surface area contributed by atoms with Crippen LogP contribution in [0.5, 0.6) is 0 Å². The minimum absolute atomic E-state index is 0.230. The molecule has 0 bridgehead atoms. The zero-order valence-electron chi connectivity index (χ0n) is 9.26. The Labute approximate surface area is 96.6 Å². The van der Waals surface area contributed by atoms with E-state index in [9.17, 15) is 8.42 Å². The molecule has 0 N–H and O–H groups in total. The predicted octanol–water partition coefficient (Wildman–Crippen LogP) is 2.72. The van der Waals surface area contributed by atoms with Crippen molar-refractivity contribution in [2.45, 2.75) is 24.7 Å². The SMILES string of the molecule is C=CCC/C=N/S(=O)(=O)c1ccc(C)cc1. The molecule has 0 fully saturated rings. The second-order valence-electron chi connectivity index (χ2n) is 3.44. The van der Waals surface area contributed by atoms with Crippen molar-refractivity contribution in [3.8, 4) is 0 Å². The van der Waals surface area contributed by atoms with Crippen molar-refractivity contribution < 1.29 is 8.42 Å². The summed E-state index contributed by atoms with van der Waals surface area (Å²) in [4.78, 5) is 0.230. The van der Waals surface area contributed by atoms with Gasteiger partial charge >= 0.3 is 0 Å². The van der Waals surface area contributed by atoms with E-state index in [0.29, 0.717) is 6.42 Å². The summed E-state index contributed by atoms with van der Waals surface area (Å²) in [5, 5.41) is 0. The Morgan fingerprint density at radius 3 is 2.44 bits per heavy atom. The van der Waals surface area contributed by atoms with Gasteiger partial charge in [-0.2, -0.15) is 12.8 Å². The van der Waals surface area contributed by atoms with Crippen molar-refractivity contribution in [2.24, 2.45) is 4.40 Å². The van der Waals surface area contributed by atoms with E-state index in [0.717, 1.165) is 12.0 Å². The number of hydrogen-bond acceptors (Lipinski definition) is 2. The van der Waals surface area contributed by atoms with Crippen molar-refractivity contribution >= 4 is 16.2 Å². The lowest BCUT2D eigenvalue weighted by molar-refractivity contribution is 0.598. The van der Waals surface area contributed by atoms with Gasteiger partial charge in [0, 0.05) is 6.21 Å². The first-order valence-electron chi connectivity index (χ1n) is 5.02. The van der Waals surface area contributed by atoms with E-state index in [4.69, 9.17) is 0 Å². The maximum Gasteiger partial charge on any atom is 0.281 e. The first kappa shape index (κ1) is 12.6. The Balaban J connectivity index is 2.82. The maximum atomic E-state index is 11.7. The molecule has 0 aromatic heterocycles. The number of allylic oxidation sites excluding steroid dienone is 1. The highest BCUT2D eigenvalue weighted by Crippen LogP contribution is 2.12. The molecule has 1 aromatic carbocycles. The Bertz CT molecular complexity index is 472. The molecule has 16 heavy (non-hydrogen) atoms. The van der Waals surface area contributed by atoms with Crippen molar-refractivity contribution in [1.82, 2.24) is 0 Å². The zero-order valence-corrected chi connectivity index (χ0v) is 10.1. The van der Waals surface area contributed by atoms with Gasteiger partial charge in [-0.25, -0.2) is 0 Å². The number of sulfonamides is 1. The number of rotatable bonds is 5. The lowest BCUT2D eigenvalue weighted by Gasteiger charge is -1.98. The van der Waals surface area contributed by atoms with E-state index in [1.165, 1.54) is 6.21 Å². The summed E-state index contributed by atoms with van der Waals surface area (Å²) in [5.74, 6) is 0. The largest absolute Gasteiger partial charge is 0.281 e. The minimum Gasteiger partial charge on any atom is -0.199 e. The fourth-order valence-electron chi connectivity index (χ4n) is 1.11. The average Bonchev–Trinajstić information content (AvgIpc) is 2.25. The Morgan fingerprint density at radius 1 is 1.25 bits per heavy atom. The molecule has 0 spiro atoms. The van der Waals surface area contributed by atoms with E-state index in [2.05, 4.69) is 11.0 Å². The summed E-state index contributed by atoms with van der Waals surface area (Å²) in [7, 11) is -3.52. The molecule has 1 rings (SSSR count). The third kappa shape index (κ3) is 3.62. The van der Waals surface area contributed by atoms with Crippen LogP contribution in [0.4, 0.5) is 0 Å². The van der Waals surface area contributed by atoms with Crippen LogP contribution in [-0.4, -0.2) is 14.6 Å². The summed E-state index contributed by atoms with van der Waals surface area (Å²) in [6, 6.07) is 6.64. The molecule has 0 saturated heterocycles. The summed E-state index contributed by atoms with van der Waals surface area (Å²) < 4.78 is 27.0. The first-order chi connectivity index (χ1) is 7.56. The fourth-order valence-corrected chi connectivity index (χ4v) is 2.02. The minimum atomic E-state index is -3.52. The van der Waals surface area contributed by atoms with Gasteiger partial charge in [-0.3, -0.25) is 0 Å². The molecule has 0 aliphatic rings. The third-order valence-corrected chi connectivity index (χ3v) is 3.33. The summed E-state index contributed by atoms with van der Waals surface area (Å²) >= 11 is 0. The van der Waals surface area contributed by atoms with Gasteiger partial charge in [0.1, 0.15) is 0 Å². The van der Waals surface area contributed by atoms with E-state index in [-0.39, 0.29) is 4.90 Å². The Morgan fingerprint density at radius 2 is 1.88 bits per heavy atom. The van der Waals surface area contributed by atoms with E-state index < -0.39 is 10.0 Å². The molecule has 0 heterocycles. The number of nitrogens with zero attached hydrogens (tertiary/aromatic N) is 1. The van der Waals surface area contributed by atoms with Crippen molar-refractivity contribution in [1.29, 1.82) is 0 Å². The zero-order chi connectivity index (χ0) is 12.0. The smallest absolute Gasteiger partial charge is 0.199 e. The summed E-state index contributed by atoms with van der Waals surface area (Å²) in [6.45, 7) is 5.46. The van der Waals surface area contributed by atoms with Gasteiger partial charge in [0.25, 0.3) is 10.0 Å². The number of unbranched alkanes of at least 4 members (excludes halogenated alkanes) is 1. The molecular weight excluding hydrogens is 222 g/mol. The van der Waals surface area contributed by atoms with E-state index in [1.54, 1.807) is 30.3 Å². The van der Waals surface area contributed by atoms with Gasteiger partial charge in [-0.05, 0) is 31.9 Å². The van der Waals surface area contributed by atoms with Crippen LogP contribution in [0.3, 0.4) is 0 Å². The van der Waals surface area contributed by atoms with Crippen LogP contribution in [0.2, 0.25) is 0 Å². The molecule has 0 aliphatic heterocycles. The molecule has 3 nitrogen and oxygen atoms in total.